The van der Waals surface area contributed by atoms with Gasteiger partial charge >= 0.3 is 5.69 Å². The van der Waals surface area contributed by atoms with Crippen LogP contribution in [0.4, 0.5) is 0 Å². The van der Waals surface area contributed by atoms with Crippen LogP contribution < -0.4 is 11.2 Å². The summed E-state index contributed by atoms with van der Waals surface area (Å²) < 4.78 is 0. The Bertz CT molecular complexity index is 427. The van der Waals surface area contributed by atoms with Crippen LogP contribution in [-0.2, 0) is 0 Å². The molecule has 0 saturated heterocycles. The van der Waals surface area contributed by atoms with E-state index in [0.29, 0.717) is 5.75 Å². The third-order valence-corrected chi connectivity index (χ3v) is 2.21. The number of nitrogens with one attached hydrogen (secondary N) is 2. The largest absolute Gasteiger partial charge is 0.390 e. The SMILES string of the molecule is O=c1[nH]cc(C(O)C(O)CCS)c(=O)[nH]1. The Kier molecular flexibility index (Phi) is 4.13. The molecule has 6 nitrogen and oxygen atoms in total. The molecule has 0 fully saturated rings. The number of aromatic nitrogens is 2. The molecule has 15 heavy (non-hydrogen) atoms. The molecule has 0 aliphatic carbocycles. The summed E-state index contributed by atoms with van der Waals surface area (Å²) in [4.78, 5) is 26.1. The second-order valence-electron chi connectivity index (χ2n) is 3.05. The molecule has 1 aromatic heterocycles. The molecule has 0 radical (unpaired) electrons. The summed E-state index contributed by atoms with van der Waals surface area (Å²) in [5, 5.41) is 19.0. The van der Waals surface area contributed by atoms with E-state index in [2.05, 4.69) is 17.6 Å². The Balaban J connectivity index is 2.96. The van der Waals surface area contributed by atoms with Crippen molar-refractivity contribution < 1.29 is 10.2 Å². The minimum Gasteiger partial charge on any atom is -0.390 e. The monoisotopic (exact) mass is 232 g/mol. The van der Waals surface area contributed by atoms with Crippen LogP contribution in [0.5, 0.6) is 0 Å². The number of aromatic amines is 2. The van der Waals surface area contributed by atoms with Crippen molar-refractivity contribution in [3.05, 3.63) is 32.6 Å². The summed E-state index contributed by atoms with van der Waals surface area (Å²) in [5.41, 5.74) is -1.42. The highest BCUT2D eigenvalue weighted by Crippen LogP contribution is 2.14. The van der Waals surface area contributed by atoms with E-state index in [9.17, 15) is 19.8 Å². The van der Waals surface area contributed by atoms with Crippen molar-refractivity contribution in [1.82, 2.24) is 9.97 Å². The van der Waals surface area contributed by atoms with E-state index in [1.165, 1.54) is 0 Å². The van der Waals surface area contributed by atoms with Crippen molar-refractivity contribution in [2.24, 2.45) is 0 Å². The van der Waals surface area contributed by atoms with Gasteiger partial charge in [0.2, 0.25) is 0 Å². The first kappa shape index (κ1) is 12.0. The van der Waals surface area contributed by atoms with Crippen LogP contribution >= 0.6 is 12.6 Å². The Morgan fingerprint density at radius 2 is 2.07 bits per heavy atom. The van der Waals surface area contributed by atoms with Crippen molar-refractivity contribution in [2.45, 2.75) is 18.6 Å². The predicted molar refractivity (Wildman–Crippen MR) is 57.1 cm³/mol. The number of H-pyrrole nitrogens is 2. The average Bonchev–Trinajstić information content (AvgIpc) is 2.17. The lowest BCUT2D eigenvalue weighted by atomic mass is 10.1. The fraction of sp³-hybridized carbons (Fsp3) is 0.500. The molecular weight excluding hydrogens is 220 g/mol. The zero-order valence-electron chi connectivity index (χ0n) is 7.80. The fourth-order valence-electron chi connectivity index (χ4n) is 1.14. The van der Waals surface area contributed by atoms with Crippen molar-refractivity contribution >= 4 is 12.6 Å². The van der Waals surface area contributed by atoms with Crippen LogP contribution in [0, 0.1) is 0 Å². The minimum atomic E-state index is -1.32. The van der Waals surface area contributed by atoms with Crippen molar-refractivity contribution in [3.8, 4) is 0 Å². The van der Waals surface area contributed by atoms with Crippen molar-refractivity contribution in [2.75, 3.05) is 5.75 Å². The zero-order chi connectivity index (χ0) is 11.4. The second-order valence-corrected chi connectivity index (χ2v) is 3.50. The summed E-state index contributed by atoms with van der Waals surface area (Å²) in [6.07, 6.45) is -1.05. The Morgan fingerprint density at radius 1 is 1.40 bits per heavy atom. The molecular formula is C8H12N2O4S. The van der Waals surface area contributed by atoms with E-state index in [0.717, 1.165) is 6.20 Å². The summed E-state index contributed by atoms with van der Waals surface area (Å²) in [6, 6.07) is 0. The van der Waals surface area contributed by atoms with E-state index < -0.39 is 23.5 Å². The van der Waals surface area contributed by atoms with Crippen molar-refractivity contribution in [3.63, 3.8) is 0 Å². The summed E-state index contributed by atoms with van der Waals surface area (Å²) >= 11 is 3.89. The molecule has 2 atom stereocenters. The van der Waals surface area contributed by atoms with Crippen LogP contribution in [-0.4, -0.2) is 32.0 Å². The number of aliphatic hydroxyl groups excluding tert-OH is 2. The molecule has 2 unspecified atom stereocenters. The number of hydrogen-bond donors (Lipinski definition) is 5. The van der Waals surface area contributed by atoms with E-state index >= 15 is 0 Å². The molecule has 0 aromatic carbocycles. The standard InChI is InChI=1S/C8H12N2O4S/c11-5(1-2-15)6(12)4-3-9-8(14)10-7(4)13/h3,5-6,11-12,15H,1-2H2,(H2,9,10,13,14). The third kappa shape index (κ3) is 2.95. The normalized spacial score (nSPS) is 14.9. The molecule has 0 saturated carbocycles. The maximum absolute atomic E-state index is 11.2. The van der Waals surface area contributed by atoms with Gasteiger partial charge in [-0.15, -0.1) is 0 Å². The van der Waals surface area contributed by atoms with Gasteiger partial charge in [0.1, 0.15) is 6.10 Å². The summed E-state index contributed by atoms with van der Waals surface area (Å²) in [5.74, 6) is 0.388. The van der Waals surface area contributed by atoms with Gasteiger partial charge < -0.3 is 15.2 Å². The molecule has 84 valence electrons. The zero-order valence-corrected chi connectivity index (χ0v) is 8.70. The molecule has 0 spiro atoms. The average molecular weight is 232 g/mol. The Labute approximate surface area is 90.4 Å². The van der Waals surface area contributed by atoms with Crippen molar-refractivity contribution in [1.29, 1.82) is 0 Å². The van der Waals surface area contributed by atoms with Crippen LogP contribution in [0.15, 0.2) is 15.8 Å². The highest BCUT2D eigenvalue weighted by molar-refractivity contribution is 7.80. The van der Waals surface area contributed by atoms with E-state index in [1.54, 1.807) is 0 Å². The molecule has 0 aliphatic heterocycles. The molecule has 0 aliphatic rings. The second kappa shape index (κ2) is 5.15. The smallest absolute Gasteiger partial charge is 0.325 e. The van der Waals surface area contributed by atoms with Gasteiger partial charge in [0.15, 0.2) is 0 Å². The van der Waals surface area contributed by atoms with Gasteiger partial charge in [-0.2, -0.15) is 12.6 Å². The van der Waals surface area contributed by atoms with Gasteiger partial charge in [-0.25, -0.2) is 4.79 Å². The molecule has 1 rings (SSSR count). The summed E-state index contributed by atoms with van der Waals surface area (Å²) in [6.45, 7) is 0. The van der Waals surface area contributed by atoms with Crippen LogP contribution in [0.2, 0.25) is 0 Å². The number of rotatable bonds is 4. The third-order valence-electron chi connectivity index (χ3n) is 1.96. The lowest BCUT2D eigenvalue weighted by molar-refractivity contribution is 0.0161. The Hall–Kier alpha value is -1.05. The van der Waals surface area contributed by atoms with Gasteiger partial charge in [0.05, 0.1) is 11.7 Å². The maximum atomic E-state index is 11.2. The molecule has 0 amide bonds. The fourth-order valence-corrected chi connectivity index (χ4v) is 1.40. The van der Waals surface area contributed by atoms with E-state index in [4.69, 9.17) is 0 Å². The van der Waals surface area contributed by atoms with Gasteiger partial charge in [-0.05, 0) is 12.2 Å². The topological polar surface area (TPSA) is 106 Å². The van der Waals surface area contributed by atoms with Crippen LogP contribution in [0.3, 0.4) is 0 Å². The first-order valence-corrected chi connectivity index (χ1v) is 4.98. The molecule has 7 heteroatoms. The van der Waals surface area contributed by atoms with E-state index in [-0.39, 0.29) is 12.0 Å². The van der Waals surface area contributed by atoms with Gasteiger partial charge in [0, 0.05) is 6.20 Å². The first-order valence-electron chi connectivity index (χ1n) is 4.35. The van der Waals surface area contributed by atoms with Gasteiger partial charge in [-0.1, -0.05) is 0 Å². The summed E-state index contributed by atoms with van der Waals surface area (Å²) in [7, 11) is 0. The molecule has 0 bridgehead atoms. The quantitative estimate of drug-likeness (QED) is 0.419. The molecule has 1 aromatic rings. The highest BCUT2D eigenvalue weighted by Gasteiger charge is 2.20. The first-order chi connectivity index (χ1) is 7.06. The van der Waals surface area contributed by atoms with Crippen LogP contribution in [0.25, 0.3) is 0 Å². The van der Waals surface area contributed by atoms with Gasteiger partial charge in [0.25, 0.3) is 5.56 Å². The maximum Gasteiger partial charge on any atom is 0.325 e. The number of aliphatic hydroxyl groups is 2. The highest BCUT2D eigenvalue weighted by atomic mass is 32.1. The Morgan fingerprint density at radius 3 is 2.60 bits per heavy atom. The lowest BCUT2D eigenvalue weighted by Crippen LogP contribution is -2.30. The van der Waals surface area contributed by atoms with Crippen LogP contribution in [0.1, 0.15) is 18.1 Å². The number of hydrogen-bond acceptors (Lipinski definition) is 5. The number of thiol groups is 1. The minimum absolute atomic E-state index is 0.0658. The lowest BCUT2D eigenvalue weighted by Gasteiger charge is -2.15. The predicted octanol–water partition coefficient (Wildman–Crippen LogP) is -1.22. The van der Waals surface area contributed by atoms with E-state index in [1.807, 2.05) is 4.98 Å². The molecule has 1 heterocycles. The van der Waals surface area contributed by atoms with Gasteiger partial charge in [-0.3, -0.25) is 9.78 Å². The molecule has 4 N–H and O–H groups in total.